The number of ether oxygens (including phenoxy) is 1. The Balaban J connectivity index is 1.38. The minimum atomic E-state index is -0.289. The molecule has 0 atom stereocenters. The fourth-order valence-corrected chi connectivity index (χ4v) is 6.79. The molecule has 2 aromatic rings. The average Bonchev–Trinajstić information content (AvgIpc) is 2.75. The van der Waals surface area contributed by atoms with E-state index in [4.69, 9.17) is 4.74 Å². The summed E-state index contributed by atoms with van der Waals surface area (Å²) in [7, 11) is 1.86. The van der Waals surface area contributed by atoms with E-state index in [9.17, 15) is 4.79 Å². The molecule has 0 aromatic heterocycles. The zero-order valence-electron chi connectivity index (χ0n) is 17.2. The Morgan fingerprint density at radius 1 is 0.897 bits per heavy atom. The highest BCUT2D eigenvalue weighted by atomic mass is 16.5. The molecule has 4 aliphatic rings. The van der Waals surface area contributed by atoms with Gasteiger partial charge in [0.25, 0.3) is 0 Å². The Bertz CT molecular complexity index is 780. The maximum Gasteiger partial charge on any atom is 0.232 e. The molecule has 4 fully saturated rings. The van der Waals surface area contributed by atoms with Crippen LogP contribution in [-0.4, -0.2) is 25.2 Å². The molecule has 2 aromatic carbocycles. The first kappa shape index (κ1) is 18.9. The predicted molar refractivity (Wildman–Crippen MR) is 115 cm³/mol. The van der Waals surface area contributed by atoms with E-state index in [1.807, 2.05) is 67.8 Å². The Morgan fingerprint density at radius 3 is 1.83 bits per heavy atom. The number of methoxy groups -OCH3 is 1. The lowest BCUT2D eigenvalue weighted by molar-refractivity contribution is -0.188. The van der Waals surface area contributed by atoms with Crippen molar-refractivity contribution in [3.63, 3.8) is 0 Å². The smallest absolute Gasteiger partial charge is 0.232 e. The van der Waals surface area contributed by atoms with Crippen LogP contribution in [0.1, 0.15) is 49.1 Å². The minimum absolute atomic E-state index is 0.0765. The standard InChI is InChI=1S/C26H31NO2/c1-29-26(22-13-18-12-19(15-22)16-23(26)14-18)17-27-25(28)24(20-8-4-2-5-9-20)21-10-6-3-7-11-21/h2-11,18-19,22-24H,12-17H2,1H3,(H,27,28). The van der Waals surface area contributed by atoms with Gasteiger partial charge in [-0.1, -0.05) is 60.7 Å². The number of carbonyl (C=O) groups is 1. The molecule has 4 bridgehead atoms. The van der Waals surface area contributed by atoms with Crippen LogP contribution < -0.4 is 5.32 Å². The van der Waals surface area contributed by atoms with Crippen molar-refractivity contribution in [2.75, 3.05) is 13.7 Å². The van der Waals surface area contributed by atoms with Crippen LogP contribution in [0, 0.1) is 23.7 Å². The third kappa shape index (κ3) is 3.30. The topological polar surface area (TPSA) is 38.3 Å². The normalized spacial score (nSPS) is 32.5. The summed E-state index contributed by atoms with van der Waals surface area (Å²) in [5.74, 6) is 2.75. The van der Waals surface area contributed by atoms with E-state index in [0.29, 0.717) is 18.4 Å². The molecule has 0 saturated heterocycles. The highest BCUT2D eigenvalue weighted by molar-refractivity contribution is 5.87. The van der Waals surface area contributed by atoms with Gasteiger partial charge in [0.2, 0.25) is 5.91 Å². The van der Waals surface area contributed by atoms with Crippen molar-refractivity contribution in [2.24, 2.45) is 23.7 Å². The van der Waals surface area contributed by atoms with Crippen LogP contribution in [0.15, 0.2) is 60.7 Å². The van der Waals surface area contributed by atoms with E-state index < -0.39 is 0 Å². The lowest BCUT2D eigenvalue weighted by Gasteiger charge is -2.60. The molecule has 0 radical (unpaired) electrons. The quantitative estimate of drug-likeness (QED) is 0.772. The third-order valence-corrected chi connectivity index (χ3v) is 7.97. The summed E-state index contributed by atoms with van der Waals surface area (Å²) < 4.78 is 6.24. The Hall–Kier alpha value is -2.13. The van der Waals surface area contributed by atoms with E-state index in [1.165, 1.54) is 32.1 Å². The van der Waals surface area contributed by atoms with Gasteiger partial charge in [-0.05, 0) is 66.9 Å². The second kappa shape index (κ2) is 7.60. The summed E-state index contributed by atoms with van der Waals surface area (Å²) in [6.07, 6.45) is 6.52. The Kier molecular flexibility index (Phi) is 4.95. The van der Waals surface area contributed by atoms with Crippen molar-refractivity contribution in [2.45, 2.75) is 43.6 Å². The fraction of sp³-hybridized carbons (Fsp3) is 0.500. The molecule has 1 amide bonds. The van der Waals surface area contributed by atoms with E-state index >= 15 is 0 Å². The van der Waals surface area contributed by atoms with E-state index in [1.54, 1.807) is 0 Å². The number of nitrogens with one attached hydrogen (secondary N) is 1. The van der Waals surface area contributed by atoms with Gasteiger partial charge in [0.1, 0.15) is 0 Å². The molecule has 0 spiro atoms. The van der Waals surface area contributed by atoms with Gasteiger partial charge in [0, 0.05) is 13.7 Å². The van der Waals surface area contributed by atoms with E-state index in [0.717, 1.165) is 23.0 Å². The summed E-state index contributed by atoms with van der Waals surface area (Å²) in [6, 6.07) is 20.2. The number of rotatable bonds is 6. The zero-order chi connectivity index (χ0) is 19.8. The number of hydrogen-bond acceptors (Lipinski definition) is 2. The van der Waals surface area contributed by atoms with Gasteiger partial charge in [-0.25, -0.2) is 0 Å². The minimum Gasteiger partial charge on any atom is -0.376 e. The van der Waals surface area contributed by atoms with Crippen LogP contribution in [0.5, 0.6) is 0 Å². The first-order valence-corrected chi connectivity index (χ1v) is 11.1. The molecule has 0 unspecified atom stereocenters. The highest BCUT2D eigenvalue weighted by Gasteiger charge is 2.57. The van der Waals surface area contributed by atoms with Crippen LogP contribution in [0.4, 0.5) is 0 Å². The molecular formula is C26H31NO2. The lowest BCUT2D eigenvalue weighted by atomic mass is 9.49. The van der Waals surface area contributed by atoms with Crippen LogP contribution in [0.25, 0.3) is 0 Å². The second-order valence-corrected chi connectivity index (χ2v) is 9.44. The van der Waals surface area contributed by atoms with E-state index in [2.05, 4.69) is 5.32 Å². The summed E-state index contributed by atoms with van der Waals surface area (Å²) >= 11 is 0. The van der Waals surface area contributed by atoms with Crippen molar-refractivity contribution in [1.29, 1.82) is 0 Å². The molecule has 4 aliphatic carbocycles. The molecule has 1 N–H and O–H groups in total. The van der Waals surface area contributed by atoms with Crippen LogP contribution in [-0.2, 0) is 9.53 Å². The highest BCUT2D eigenvalue weighted by Crippen LogP contribution is 2.59. The maximum absolute atomic E-state index is 13.5. The summed E-state index contributed by atoms with van der Waals surface area (Å²) in [5.41, 5.74) is 1.89. The van der Waals surface area contributed by atoms with Crippen LogP contribution in [0.2, 0.25) is 0 Å². The molecule has 6 rings (SSSR count). The van der Waals surface area contributed by atoms with Gasteiger partial charge in [0.05, 0.1) is 11.5 Å². The fourth-order valence-electron chi connectivity index (χ4n) is 6.79. The van der Waals surface area contributed by atoms with Gasteiger partial charge in [-0.15, -0.1) is 0 Å². The third-order valence-electron chi connectivity index (χ3n) is 7.97. The van der Waals surface area contributed by atoms with E-state index in [-0.39, 0.29) is 17.4 Å². The molecular weight excluding hydrogens is 358 g/mol. The second-order valence-electron chi connectivity index (χ2n) is 9.44. The van der Waals surface area contributed by atoms with Crippen molar-refractivity contribution in [1.82, 2.24) is 5.32 Å². The average molecular weight is 390 g/mol. The van der Waals surface area contributed by atoms with Crippen LogP contribution >= 0.6 is 0 Å². The van der Waals surface area contributed by atoms with Gasteiger partial charge >= 0.3 is 0 Å². The Labute approximate surface area is 173 Å². The maximum atomic E-state index is 13.5. The summed E-state index contributed by atoms with van der Waals surface area (Å²) in [5, 5.41) is 3.34. The molecule has 3 heteroatoms. The number of benzene rings is 2. The van der Waals surface area contributed by atoms with Crippen molar-refractivity contribution < 1.29 is 9.53 Å². The van der Waals surface area contributed by atoms with Crippen molar-refractivity contribution >= 4 is 5.91 Å². The molecule has 0 heterocycles. The van der Waals surface area contributed by atoms with Crippen molar-refractivity contribution in [3.8, 4) is 0 Å². The monoisotopic (exact) mass is 389 g/mol. The molecule has 29 heavy (non-hydrogen) atoms. The molecule has 3 nitrogen and oxygen atoms in total. The van der Waals surface area contributed by atoms with Crippen LogP contribution in [0.3, 0.4) is 0 Å². The molecule has 152 valence electrons. The molecule has 0 aliphatic heterocycles. The number of amides is 1. The predicted octanol–water partition coefficient (Wildman–Crippen LogP) is 4.78. The van der Waals surface area contributed by atoms with Gasteiger partial charge in [0.15, 0.2) is 0 Å². The first-order valence-electron chi connectivity index (χ1n) is 11.1. The molecule has 4 saturated carbocycles. The lowest BCUT2D eigenvalue weighted by Crippen LogP contribution is -2.63. The van der Waals surface area contributed by atoms with Crippen molar-refractivity contribution in [3.05, 3.63) is 71.8 Å². The van der Waals surface area contributed by atoms with Gasteiger partial charge < -0.3 is 10.1 Å². The van der Waals surface area contributed by atoms with Gasteiger partial charge in [-0.3, -0.25) is 4.79 Å². The number of hydrogen-bond donors (Lipinski definition) is 1. The summed E-state index contributed by atoms with van der Waals surface area (Å²) in [6.45, 7) is 0.632. The number of carbonyl (C=O) groups excluding carboxylic acids is 1. The SMILES string of the molecule is COC1(CNC(=O)C(c2ccccc2)c2ccccc2)C2CC3CC(C2)CC1C3. The largest absolute Gasteiger partial charge is 0.376 e. The first-order chi connectivity index (χ1) is 14.2. The van der Waals surface area contributed by atoms with Gasteiger partial charge in [-0.2, -0.15) is 0 Å². The zero-order valence-corrected chi connectivity index (χ0v) is 17.2. The summed E-state index contributed by atoms with van der Waals surface area (Å²) in [4.78, 5) is 13.5. The Morgan fingerprint density at radius 2 is 1.38 bits per heavy atom.